The van der Waals surface area contributed by atoms with Crippen molar-refractivity contribution in [2.24, 2.45) is 0 Å². The summed E-state index contributed by atoms with van der Waals surface area (Å²) in [5.74, 6) is 0.652. The molecule has 0 aliphatic rings. The van der Waals surface area contributed by atoms with Gasteiger partial charge in [-0.2, -0.15) is 0 Å². The summed E-state index contributed by atoms with van der Waals surface area (Å²) >= 11 is 0. The van der Waals surface area contributed by atoms with E-state index in [1.165, 1.54) is 0 Å². The average molecular weight is 175 g/mol. The van der Waals surface area contributed by atoms with Crippen LogP contribution in [0.5, 0.6) is 0 Å². The van der Waals surface area contributed by atoms with Crippen LogP contribution in [0.25, 0.3) is 17.1 Å². The van der Waals surface area contributed by atoms with Gasteiger partial charge in [-0.3, -0.25) is 0 Å². The zero-order chi connectivity index (χ0) is 8.84. The molecular formula is C7H5N5O. The van der Waals surface area contributed by atoms with E-state index in [9.17, 15) is 0 Å². The maximum atomic E-state index is 5.58. The van der Waals surface area contributed by atoms with E-state index in [1.54, 1.807) is 22.7 Å². The van der Waals surface area contributed by atoms with Crippen LogP contribution >= 0.6 is 0 Å². The van der Waals surface area contributed by atoms with Crippen molar-refractivity contribution in [2.45, 2.75) is 0 Å². The van der Waals surface area contributed by atoms with Crippen molar-refractivity contribution in [1.82, 2.24) is 19.6 Å². The van der Waals surface area contributed by atoms with E-state index >= 15 is 0 Å². The Bertz CT molecular complexity index is 581. The van der Waals surface area contributed by atoms with Crippen LogP contribution in [0.2, 0.25) is 0 Å². The maximum absolute atomic E-state index is 5.58. The average Bonchev–Trinajstić information content (AvgIpc) is 2.66. The molecule has 6 nitrogen and oxygen atoms in total. The first-order valence-electron chi connectivity index (χ1n) is 3.70. The van der Waals surface area contributed by atoms with Crippen LogP contribution in [0.3, 0.4) is 0 Å². The number of nitrogen functional groups attached to an aromatic ring is 1. The molecule has 0 radical (unpaired) electrons. The molecule has 3 aromatic rings. The molecule has 0 bridgehead atoms. The third kappa shape index (κ3) is 0.689. The van der Waals surface area contributed by atoms with Crippen LogP contribution in [0.15, 0.2) is 22.7 Å². The molecule has 64 valence electrons. The van der Waals surface area contributed by atoms with Gasteiger partial charge >= 0.3 is 5.84 Å². The molecule has 0 spiro atoms. The first kappa shape index (κ1) is 6.41. The number of oxazole rings is 1. The number of fused-ring (bicyclic) bond motifs is 3. The Morgan fingerprint density at radius 1 is 1.38 bits per heavy atom. The van der Waals surface area contributed by atoms with Crippen molar-refractivity contribution in [2.75, 3.05) is 5.73 Å². The predicted molar refractivity (Wildman–Crippen MR) is 45.0 cm³/mol. The molecule has 0 amide bonds. The number of nitrogens with two attached hydrogens (primary N) is 1. The lowest BCUT2D eigenvalue weighted by Crippen LogP contribution is -1.93. The van der Waals surface area contributed by atoms with Gasteiger partial charge in [-0.25, -0.2) is 9.38 Å². The lowest BCUT2D eigenvalue weighted by Gasteiger charge is -1.86. The van der Waals surface area contributed by atoms with Crippen LogP contribution in [0.4, 0.5) is 5.95 Å². The van der Waals surface area contributed by atoms with E-state index in [1.807, 2.05) is 0 Å². The lowest BCUT2D eigenvalue weighted by molar-refractivity contribution is 0.637. The second kappa shape index (κ2) is 1.98. The molecule has 0 fully saturated rings. The third-order valence-corrected chi connectivity index (χ3v) is 1.82. The Labute approximate surface area is 72.0 Å². The number of hydrogen-bond acceptors (Lipinski definition) is 5. The van der Waals surface area contributed by atoms with E-state index < -0.39 is 0 Å². The zero-order valence-corrected chi connectivity index (χ0v) is 6.51. The second-order valence-corrected chi connectivity index (χ2v) is 2.60. The van der Waals surface area contributed by atoms with Crippen molar-refractivity contribution >= 4 is 23.0 Å². The molecule has 0 saturated carbocycles. The summed E-state index contributed by atoms with van der Waals surface area (Å²) in [5, 5.41) is 7.40. The Hall–Kier alpha value is -2.11. The first-order chi connectivity index (χ1) is 6.36. The largest absolute Gasteiger partial charge is 0.420 e. The molecule has 0 aliphatic carbocycles. The van der Waals surface area contributed by atoms with E-state index in [2.05, 4.69) is 15.2 Å². The van der Waals surface area contributed by atoms with Crippen LogP contribution in [-0.4, -0.2) is 19.6 Å². The fourth-order valence-electron chi connectivity index (χ4n) is 1.27. The van der Waals surface area contributed by atoms with E-state index in [4.69, 9.17) is 10.2 Å². The Morgan fingerprint density at radius 3 is 3.23 bits per heavy atom. The topological polar surface area (TPSA) is 82.2 Å². The summed E-state index contributed by atoms with van der Waals surface area (Å²) in [7, 11) is 0. The quantitative estimate of drug-likeness (QED) is 0.536. The van der Waals surface area contributed by atoms with Gasteiger partial charge in [0, 0.05) is 6.20 Å². The zero-order valence-electron chi connectivity index (χ0n) is 6.51. The first-order valence-corrected chi connectivity index (χ1v) is 3.70. The molecule has 13 heavy (non-hydrogen) atoms. The van der Waals surface area contributed by atoms with E-state index in [0.717, 1.165) is 0 Å². The number of aromatic nitrogens is 4. The lowest BCUT2D eigenvalue weighted by atomic mass is 10.5. The monoisotopic (exact) mass is 175 g/mol. The van der Waals surface area contributed by atoms with Crippen molar-refractivity contribution in [3.8, 4) is 0 Å². The summed E-state index contributed by atoms with van der Waals surface area (Å²) in [6.07, 6.45) is 1.66. The van der Waals surface area contributed by atoms with Crippen molar-refractivity contribution in [1.29, 1.82) is 0 Å². The highest BCUT2D eigenvalue weighted by molar-refractivity contribution is 5.73. The summed E-state index contributed by atoms with van der Waals surface area (Å²) in [6, 6.07) is 3.59. The number of anilines is 1. The molecule has 2 N–H and O–H groups in total. The number of rotatable bonds is 0. The standard InChI is InChI=1S/C7H5N5O/c8-6-10-11-7-12(6)5-4(13-7)2-1-3-9-5/h1-3H,(H2,8,10). The molecular weight excluding hydrogens is 170 g/mol. The molecule has 6 heteroatoms. The fraction of sp³-hybridized carbons (Fsp3) is 0. The van der Waals surface area contributed by atoms with Gasteiger partial charge in [-0.15, -0.1) is 5.10 Å². The SMILES string of the molecule is Nc1nnc2oc3cccnc3n12. The number of nitrogens with zero attached hydrogens (tertiary/aromatic N) is 4. The predicted octanol–water partition coefficient (Wildman–Crippen LogP) is 0.453. The minimum Gasteiger partial charge on any atom is -0.420 e. The minimum atomic E-state index is 0.285. The van der Waals surface area contributed by atoms with E-state index in [0.29, 0.717) is 17.1 Å². The van der Waals surface area contributed by atoms with Crippen molar-refractivity contribution in [3.63, 3.8) is 0 Å². The fourth-order valence-corrected chi connectivity index (χ4v) is 1.27. The minimum absolute atomic E-state index is 0.285. The molecule has 0 aliphatic heterocycles. The van der Waals surface area contributed by atoms with Crippen LogP contribution in [-0.2, 0) is 0 Å². The molecule has 3 aromatic heterocycles. The molecule has 0 unspecified atom stereocenters. The van der Waals surface area contributed by atoms with Gasteiger partial charge in [0.2, 0.25) is 5.95 Å². The highest BCUT2D eigenvalue weighted by atomic mass is 16.4. The van der Waals surface area contributed by atoms with Crippen molar-refractivity contribution < 1.29 is 4.42 Å². The second-order valence-electron chi connectivity index (χ2n) is 2.60. The Balaban J connectivity index is 2.66. The number of pyridine rings is 1. The summed E-state index contributed by atoms with van der Waals surface area (Å²) in [6.45, 7) is 0. The smallest absolute Gasteiger partial charge is 0.330 e. The van der Waals surface area contributed by atoms with Gasteiger partial charge in [-0.05, 0) is 12.1 Å². The summed E-state index contributed by atoms with van der Waals surface area (Å²) in [5.41, 5.74) is 6.87. The summed E-state index contributed by atoms with van der Waals surface area (Å²) in [4.78, 5) is 4.11. The molecule has 3 heterocycles. The van der Waals surface area contributed by atoms with Gasteiger partial charge in [0.15, 0.2) is 11.2 Å². The normalized spacial score (nSPS) is 11.4. The highest BCUT2D eigenvalue weighted by Crippen LogP contribution is 2.18. The van der Waals surface area contributed by atoms with Gasteiger partial charge in [0.25, 0.3) is 0 Å². The third-order valence-electron chi connectivity index (χ3n) is 1.82. The molecule has 0 aromatic carbocycles. The van der Waals surface area contributed by atoms with Crippen LogP contribution in [0, 0.1) is 0 Å². The van der Waals surface area contributed by atoms with Crippen molar-refractivity contribution in [3.05, 3.63) is 18.3 Å². The molecule has 0 saturated heterocycles. The molecule has 3 rings (SSSR count). The van der Waals surface area contributed by atoms with Crippen LogP contribution in [0.1, 0.15) is 0 Å². The van der Waals surface area contributed by atoms with Gasteiger partial charge in [0.05, 0.1) is 0 Å². The van der Waals surface area contributed by atoms with Gasteiger partial charge < -0.3 is 10.2 Å². The molecule has 0 atom stereocenters. The Kier molecular flexibility index (Phi) is 0.974. The maximum Gasteiger partial charge on any atom is 0.330 e. The summed E-state index contributed by atoms with van der Waals surface area (Å²) < 4.78 is 6.88. The number of hydrogen-bond donors (Lipinski definition) is 1. The van der Waals surface area contributed by atoms with Gasteiger partial charge in [0.1, 0.15) is 0 Å². The highest BCUT2D eigenvalue weighted by Gasteiger charge is 2.11. The van der Waals surface area contributed by atoms with Crippen LogP contribution < -0.4 is 5.73 Å². The van der Waals surface area contributed by atoms with Gasteiger partial charge in [-0.1, -0.05) is 5.10 Å². The van der Waals surface area contributed by atoms with E-state index in [-0.39, 0.29) is 5.95 Å². The Morgan fingerprint density at radius 2 is 2.31 bits per heavy atom.